The van der Waals surface area contributed by atoms with E-state index in [0.29, 0.717) is 22.9 Å². The first-order chi connectivity index (χ1) is 9.65. The first-order valence-electron chi connectivity index (χ1n) is 6.27. The van der Waals surface area contributed by atoms with Gasteiger partial charge in [0.1, 0.15) is 0 Å². The van der Waals surface area contributed by atoms with Crippen LogP contribution < -0.4 is 15.4 Å². The van der Waals surface area contributed by atoms with E-state index in [9.17, 15) is 4.79 Å². The van der Waals surface area contributed by atoms with Gasteiger partial charge in [0, 0.05) is 12.7 Å². The number of fused-ring (bicyclic) bond motifs is 1. The van der Waals surface area contributed by atoms with E-state index >= 15 is 0 Å². The number of nitrogen functional groups attached to an aromatic ring is 1. The molecule has 1 aliphatic heterocycles. The van der Waals surface area contributed by atoms with E-state index in [4.69, 9.17) is 10.5 Å². The fourth-order valence-electron chi connectivity index (χ4n) is 2.11. The highest BCUT2D eigenvalue weighted by Gasteiger charge is 2.27. The van der Waals surface area contributed by atoms with Crippen molar-refractivity contribution in [1.82, 2.24) is 0 Å². The molecule has 0 spiro atoms. The summed E-state index contributed by atoms with van der Waals surface area (Å²) in [5.74, 6) is 0.742. The smallest absolute Gasteiger partial charge is 0.293 e. The molecule has 100 valence electrons. The fourth-order valence-corrected chi connectivity index (χ4v) is 2.11. The molecule has 4 heteroatoms. The first kappa shape index (κ1) is 12.3. The van der Waals surface area contributed by atoms with Crippen molar-refractivity contribution < 1.29 is 9.53 Å². The van der Waals surface area contributed by atoms with E-state index in [1.54, 1.807) is 36.2 Å². The number of carbonyl (C=O) groups excluding carboxylic acids is 1. The summed E-state index contributed by atoms with van der Waals surface area (Å²) in [7, 11) is 1.71. The Morgan fingerprint density at radius 3 is 2.65 bits per heavy atom. The summed E-state index contributed by atoms with van der Waals surface area (Å²) in [6.07, 6.45) is 1.73. The van der Waals surface area contributed by atoms with Crippen molar-refractivity contribution in [1.29, 1.82) is 0 Å². The van der Waals surface area contributed by atoms with Crippen LogP contribution in [0.25, 0.3) is 6.08 Å². The van der Waals surface area contributed by atoms with Gasteiger partial charge in [-0.25, -0.2) is 0 Å². The zero-order valence-corrected chi connectivity index (χ0v) is 11.0. The molecule has 0 radical (unpaired) electrons. The summed E-state index contributed by atoms with van der Waals surface area (Å²) in [6.45, 7) is 0. The van der Waals surface area contributed by atoms with E-state index in [0.717, 1.165) is 5.56 Å². The lowest BCUT2D eigenvalue weighted by molar-refractivity contribution is -0.117. The number of rotatable bonds is 1. The zero-order valence-electron chi connectivity index (χ0n) is 11.0. The topological polar surface area (TPSA) is 55.6 Å². The van der Waals surface area contributed by atoms with Crippen LogP contribution in [-0.4, -0.2) is 13.0 Å². The monoisotopic (exact) mass is 266 g/mol. The van der Waals surface area contributed by atoms with Crippen LogP contribution in [0.15, 0.2) is 54.3 Å². The summed E-state index contributed by atoms with van der Waals surface area (Å²) in [6, 6.07) is 14.8. The van der Waals surface area contributed by atoms with Crippen LogP contribution in [0.3, 0.4) is 0 Å². The first-order valence-corrected chi connectivity index (χ1v) is 6.27. The molecule has 0 fully saturated rings. The second-order valence-electron chi connectivity index (χ2n) is 4.61. The number of hydrogen-bond donors (Lipinski definition) is 1. The molecule has 0 bridgehead atoms. The molecule has 1 amide bonds. The summed E-state index contributed by atoms with van der Waals surface area (Å²) in [5.41, 5.74) is 7.94. The van der Waals surface area contributed by atoms with Crippen LogP contribution in [-0.2, 0) is 4.79 Å². The highest BCUT2D eigenvalue weighted by molar-refractivity contribution is 6.09. The number of anilines is 2. The largest absolute Gasteiger partial charge is 0.449 e. The van der Waals surface area contributed by atoms with Gasteiger partial charge in [0.15, 0.2) is 11.5 Å². The second kappa shape index (κ2) is 4.74. The van der Waals surface area contributed by atoms with Crippen LogP contribution >= 0.6 is 0 Å². The number of nitrogens with two attached hydrogens (primary N) is 1. The van der Waals surface area contributed by atoms with Crippen LogP contribution in [0.4, 0.5) is 11.4 Å². The summed E-state index contributed by atoms with van der Waals surface area (Å²) in [4.78, 5) is 13.8. The highest BCUT2D eigenvalue weighted by atomic mass is 16.5. The van der Waals surface area contributed by atoms with Gasteiger partial charge in [0.25, 0.3) is 5.91 Å². The van der Waals surface area contributed by atoms with Gasteiger partial charge in [-0.05, 0) is 29.8 Å². The molecule has 1 heterocycles. The SMILES string of the molecule is CN1C(=O)/C(=C\c2ccccc2)Oc2ccc(N)cc21. The molecule has 4 nitrogen and oxygen atoms in total. The number of benzene rings is 2. The summed E-state index contributed by atoms with van der Waals surface area (Å²) < 4.78 is 5.69. The molecule has 0 saturated carbocycles. The minimum Gasteiger partial charge on any atom is -0.449 e. The van der Waals surface area contributed by atoms with Gasteiger partial charge >= 0.3 is 0 Å². The molecular weight excluding hydrogens is 252 g/mol. The van der Waals surface area contributed by atoms with Crippen molar-refractivity contribution in [3.63, 3.8) is 0 Å². The lowest BCUT2D eigenvalue weighted by Gasteiger charge is -2.27. The lowest BCUT2D eigenvalue weighted by atomic mass is 10.1. The fraction of sp³-hybridized carbons (Fsp3) is 0.0625. The Balaban J connectivity index is 2.03. The van der Waals surface area contributed by atoms with Crippen LogP contribution in [0.2, 0.25) is 0 Å². The lowest BCUT2D eigenvalue weighted by Crippen LogP contribution is -2.33. The van der Waals surface area contributed by atoms with Gasteiger partial charge < -0.3 is 15.4 Å². The molecule has 0 aliphatic carbocycles. The molecule has 1 aliphatic rings. The van der Waals surface area contributed by atoms with Crippen molar-refractivity contribution in [2.45, 2.75) is 0 Å². The van der Waals surface area contributed by atoms with Crippen LogP contribution in [0.1, 0.15) is 5.56 Å². The molecule has 3 rings (SSSR count). The number of amides is 1. The van der Waals surface area contributed by atoms with Gasteiger partial charge in [0.05, 0.1) is 5.69 Å². The van der Waals surface area contributed by atoms with E-state index in [-0.39, 0.29) is 5.91 Å². The number of likely N-dealkylation sites (N-methyl/N-ethyl adjacent to an activating group) is 1. The van der Waals surface area contributed by atoms with Gasteiger partial charge in [-0.1, -0.05) is 30.3 Å². The average Bonchev–Trinajstić information content (AvgIpc) is 2.46. The van der Waals surface area contributed by atoms with E-state index < -0.39 is 0 Å². The Morgan fingerprint density at radius 1 is 1.15 bits per heavy atom. The van der Waals surface area contributed by atoms with Gasteiger partial charge in [-0.2, -0.15) is 0 Å². The minimum absolute atomic E-state index is 0.188. The third-order valence-electron chi connectivity index (χ3n) is 3.18. The molecular formula is C16H14N2O2. The third kappa shape index (κ3) is 2.12. The Kier molecular flexibility index (Phi) is 2.91. The van der Waals surface area contributed by atoms with E-state index in [2.05, 4.69) is 0 Å². The quantitative estimate of drug-likeness (QED) is 0.637. The molecule has 0 saturated heterocycles. The number of nitrogens with zero attached hydrogens (tertiary/aromatic N) is 1. The number of ether oxygens (including phenoxy) is 1. The second-order valence-corrected chi connectivity index (χ2v) is 4.61. The van der Waals surface area contributed by atoms with E-state index in [1.165, 1.54) is 0 Å². The van der Waals surface area contributed by atoms with Crippen LogP contribution in [0, 0.1) is 0 Å². The molecule has 20 heavy (non-hydrogen) atoms. The minimum atomic E-state index is -0.188. The van der Waals surface area contributed by atoms with Gasteiger partial charge in [-0.3, -0.25) is 4.79 Å². The Labute approximate surface area is 117 Å². The molecule has 0 atom stereocenters. The molecule has 2 aromatic carbocycles. The van der Waals surface area contributed by atoms with Crippen molar-refractivity contribution >= 4 is 23.4 Å². The average molecular weight is 266 g/mol. The Hall–Kier alpha value is -2.75. The summed E-state index contributed by atoms with van der Waals surface area (Å²) >= 11 is 0. The van der Waals surface area contributed by atoms with Gasteiger partial charge in [0.2, 0.25) is 0 Å². The summed E-state index contributed by atoms with van der Waals surface area (Å²) in [5, 5.41) is 0. The predicted molar refractivity (Wildman–Crippen MR) is 79.3 cm³/mol. The maximum absolute atomic E-state index is 12.3. The van der Waals surface area contributed by atoms with E-state index in [1.807, 2.05) is 30.3 Å². The van der Waals surface area contributed by atoms with Crippen molar-refractivity contribution in [2.24, 2.45) is 0 Å². The van der Waals surface area contributed by atoms with Crippen molar-refractivity contribution in [2.75, 3.05) is 17.7 Å². The maximum atomic E-state index is 12.3. The number of hydrogen-bond acceptors (Lipinski definition) is 3. The third-order valence-corrected chi connectivity index (χ3v) is 3.18. The van der Waals surface area contributed by atoms with Crippen molar-refractivity contribution in [3.8, 4) is 5.75 Å². The standard InChI is InChI=1S/C16H14N2O2/c1-18-13-10-12(17)7-8-14(13)20-15(16(18)19)9-11-5-3-2-4-6-11/h2-10H,17H2,1H3/b15-9+. The van der Waals surface area contributed by atoms with Gasteiger partial charge in [-0.15, -0.1) is 0 Å². The molecule has 0 aromatic heterocycles. The van der Waals surface area contributed by atoms with Crippen molar-refractivity contribution in [3.05, 3.63) is 59.9 Å². The normalized spacial score (nSPS) is 15.9. The Morgan fingerprint density at radius 2 is 1.90 bits per heavy atom. The Bertz CT molecular complexity index is 693. The molecule has 0 unspecified atom stereocenters. The zero-order chi connectivity index (χ0) is 14.1. The van der Waals surface area contributed by atoms with Crippen LogP contribution in [0.5, 0.6) is 5.75 Å². The number of carbonyl (C=O) groups is 1. The maximum Gasteiger partial charge on any atom is 0.293 e. The molecule has 2 N–H and O–H groups in total. The molecule has 2 aromatic rings. The predicted octanol–water partition coefficient (Wildman–Crippen LogP) is 2.67. The highest BCUT2D eigenvalue weighted by Crippen LogP contribution is 2.36.